The van der Waals surface area contributed by atoms with E-state index in [9.17, 15) is 4.79 Å². The van der Waals surface area contributed by atoms with Crippen molar-refractivity contribution in [1.82, 2.24) is 0 Å². The molecule has 0 spiro atoms. The van der Waals surface area contributed by atoms with Crippen LogP contribution in [0.4, 0.5) is 5.69 Å². The zero-order valence-electron chi connectivity index (χ0n) is 11.7. The Balaban J connectivity index is 2.16. The molecular weight excluding hydrogens is 334 g/mol. The largest absolute Gasteiger partial charge is 0.362 e. The van der Waals surface area contributed by atoms with E-state index in [0.29, 0.717) is 12.1 Å². The molecule has 0 amide bonds. The van der Waals surface area contributed by atoms with Gasteiger partial charge in [0.15, 0.2) is 0 Å². The van der Waals surface area contributed by atoms with Gasteiger partial charge in [0, 0.05) is 32.0 Å². The molecule has 1 aliphatic heterocycles. The quantitative estimate of drug-likeness (QED) is 0.735. The van der Waals surface area contributed by atoms with Crippen LogP contribution in [0.1, 0.15) is 33.1 Å². The summed E-state index contributed by atoms with van der Waals surface area (Å²) in [5.74, 6) is 0. The van der Waals surface area contributed by atoms with Crippen molar-refractivity contribution in [3.8, 4) is 0 Å². The molecule has 4 heteroatoms. The Hall–Kier alpha value is -0.870. The molecule has 1 aromatic carbocycles. The van der Waals surface area contributed by atoms with Crippen molar-refractivity contribution in [3.05, 3.63) is 38.3 Å². The highest BCUT2D eigenvalue weighted by molar-refractivity contribution is 9.10. The molecule has 1 aliphatic rings. The lowest BCUT2D eigenvalue weighted by Crippen LogP contribution is -2.45. The van der Waals surface area contributed by atoms with Gasteiger partial charge in [-0.2, -0.15) is 0 Å². The molecule has 0 aliphatic carbocycles. The number of halogens is 1. The zero-order valence-corrected chi connectivity index (χ0v) is 14.1. The topological polar surface area (TPSA) is 20.3 Å². The Morgan fingerprint density at radius 2 is 1.95 bits per heavy atom. The van der Waals surface area contributed by atoms with Crippen molar-refractivity contribution in [1.29, 1.82) is 0 Å². The Morgan fingerprint density at radius 3 is 2.65 bits per heavy atom. The second-order valence-electron chi connectivity index (χ2n) is 5.63. The first-order valence-electron chi connectivity index (χ1n) is 7.07. The van der Waals surface area contributed by atoms with Crippen molar-refractivity contribution in [2.24, 2.45) is 0 Å². The van der Waals surface area contributed by atoms with Gasteiger partial charge in [-0.15, -0.1) is 11.3 Å². The maximum Gasteiger partial charge on any atom is 0.211 e. The summed E-state index contributed by atoms with van der Waals surface area (Å²) in [5, 5.41) is 2.86. The monoisotopic (exact) mass is 351 g/mol. The van der Waals surface area contributed by atoms with Crippen molar-refractivity contribution < 1.29 is 0 Å². The van der Waals surface area contributed by atoms with Crippen molar-refractivity contribution in [2.75, 3.05) is 4.90 Å². The van der Waals surface area contributed by atoms with Gasteiger partial charge in [0.05, 0.1) is 5.69 Å². The summed E-state index contributed by atoms with van der Waals surface area (Å²) in [6.45, 7) is 4.45. The standard InChI is InChI=1S/C16H18BrNOS/c1-10-4-3-5-11(2)18(10)14-9-20-15-7-6-12(17)8-13(15)16(14)19/h6-11H,3-5H2,1-2H3. The minimum Gasteiger partial charge on any atom is -0.362 e. The predicted molar refractivity (Wildman–Crippen MR) is 91.0 cm³/mol. The number of anilines is 1. The first-order valence-corrected chi connectivity index (χ1v) is 8.74. The highest BCUT2D eigenvalue weighted by Gasteiger charge is 2.27. The summed E-state index contributed by atoms with van der Waals surface area (Å²) in [5.41, 5.74) is 1.04. The molecule has 0 radical (unpaired) electrons. The van der Waals surface area contributed by atoms with Gasteiger partial charge >= 0.3 is 0 Å². The van der Waals surface area contributed by atoms with Gasteiger partial charge in [0.2, 0.25) is 5.43 Å². The number of piperidine rings is 1. The van der Waals surface area contributed by atoms with Crippen LogP contribution >= 0.6 is 27.3 Å². The molecule has 1 saturated heterocycles. The van der Waals surface area contributed by atoms with Crippen LogP contribution in [0.15, 0.2) is 32.8 Å². The van der Waals surface area contributed by atoms with E-state index < -0.39 is 0 Å². The van der Waals surface area contributed by atoms with Gasteiger partial charge in [0.1, 0.15) is 0 Å². The van der Waals surface area contributed by atoms with E-state index in [-0.39, 0.29) is 5.43 Å². The third-order valence-corrected chi connectivity index (χ3v) is 5.63. The molecule has 2 aromatic rings. The number of benzene rings is 1. The van der Waals surface area contributed by atoms with Gasteiger partial charge in [-0.1, -0.05) is 15.9 Å². The number of hydrogen-bond acceptors (Lipinski definition) is 3. The first-order chi connectivity index (χ1) is 9.58. The van der Waals surface area contributed by atoms with Gasteiger partial charge in [-0.25, -0.2) is 0 Å². The fourth-order valence-corrected chi connectivity index (χ4v) is 4.42. The molecule has 2 unspecified atom stereocenters. The average molecular weight is 352 g/mol. The van der Waals surface area contributed by atoms with E-state index in [2.05, 4.69) is 34.7 Å². The van der Waals surface area contributed by atoms with Crippen molar-refractivity contribution in [3.63, 3.8) is 0 Å². The van der Waals surface area contributed by atoms with Crippen LogP contribution < -0.4 is 10.3 Å². The summed E-state index contributed by atoms with van der Waals surface area (Å²) >= 11 is 5.12. The van der Waals surface area contributed by atoms with Gasteiger partial charge < -0.3 is 4.90 Å². The Labute approximate surface area is 131 Å². The lowest BCUT2D eigenvalue weighted by atomic mass is 9.97. The number of nitrogens with zero attached hydrogens (tertiary/aromatic N) is 1. The fourth-order valence-electron chi connectivity index (χ4n) is 3.17. The maximum atomic E-state index is 12.8. The molecule has 0 saturated carbocycles. The van der Waals surface area contributed by atoms with E-state index >= 15 is 0 Å². The minimum absolute atomic E-state index is 0.167. The van der Waals surface area contributed by atoms with Crippen LogP contribution in [0.3, 0.4) is 0 Å². The van der Waals surface area contributed by atoms with Crippen molar-refractivity contribution in [2.45, 2.75) is 45.2 Å². The first kappa shape index (κ1) is 14.1. The molecule has 0 N–H and O–H groups in total. The number of hydrogen-bond donors (Lipinski definition) is 0. The average Bonchev–Trinajstić information content (AvgIpc) is 2.41. The lowest BCUT2D eigenvalue weighted by Gasteiger charge is -2.40. The van der Waals surface area contributed by atoms with E-state index in [1.807, 2.05) is 23.6 Å². The molecule has 3 rings (SSSR count). The van der Waals surface area contributed by atoms with Crippen molar-refractivity contribution >= 4 is 43.0 Å². The van der Waals surface area contributed by atoms with Crippen LogP contribution in [-0.4, -0.2) is 12.1 Å². The third-order valence-electron chi connectivity index (χ3n) is 4.19. The Bertz CT molecular complexity index is 686. The lowest BCUT2D eigenvalue weighted by molar-refractivity contribution is 0.414. The van der Waals surface area contributed by atoms with E-state index in [4.69, 9.17) is 0 Å². The number of fused-ring (bicyclic) bond motifs is 1. The second kappa shape index (κ2) is 5.49. The van der Waals surface area contributed by atoms with Crippen LogP contribution in [0.25, 0.3) is 10.1 Å². The fraction of sp³-hybridized carbons (Fsp3) is 0.438. The maximum absolute atomic E-state index is 12.8. The molecular formula is C16H18BrNOS. The van der Waals surface area contributed by atoms with Crippen LogP contribution in [0.2, 0.25) is 0 Å². The Morgan fingerprint density at radius 1 is 1.25 bits per heavy atom. The highest BCUT2D eigenvalue weighted by atomic mass is 79.9. The van der Waals surface area contributed by atoms with E-state index in [1.54, 1.807) is 11.3 Å². The predicted octanol–water partition coefficient (Wildman–Crippen LogP) is 4.79. The molecule has 2 heterocycles. The number of rotatable bonds is 1. The van der Waals surface area contributed by atoms with E-state index in [0.717, 1.165) is 20.2 Å². The summed E-state index contributed by atoms with van der Waals surface area (Å²) in [6, 6.07) is 6.84. The molecule has 1 aromatic heterocycles. The highest BCUT2D eigenvalue weighted by Crippen LogP contribution is 2.30. The molecule has 20 heavy (non-hydrogen) atoms. The SMILES string of the molecule is CC1CCCC(C)N1c1csc2ccc(Br)cc2c1=O. The summed E-state index contributed by atoms with van der Waals surface area (Å²) < 4.78 is 2.02. The van der Waals surface area contributed by atoms with Gasteiger partial charge in [0.25, 0.3) is 0 Å². The Kier molecular flexibility index (Phi) is 3.87. The van der Waals surface area contributed by atoms with Gasteiger partial charge in [-0.3, -0.25) is 4.79 Å². The summed E-state index contributed by atoms with van der Waals surface area (Å²) in [7, 11) is 0. The minimum atomic E-state index is 0.167. The smallest absolute Gasteiger partial charge is 0.211 e. The third kappa shape index (κ3) is 2.40. The second-order valence-corrected chi connectivity index (χ2v) is 7.45. The molecule has 2 nitrogen and oxygen atoms in total. The molecule has 0 bridgehead atoms. The van der Waals surface area contributed by atoms with Crippen LogP contribution in [-0.2, 0) is 0 Å². The van der Waals surface area contributed by atoms with Gasteiger partial charge in [-0.05, 0) is 51.3 Å². The van der Waals surface area contributed by atoms with Crippen LogP contribution in [0, 0.1) is 0 Å². The zero-order chi connectivity index (χ0) is 14.3. The molecule has 2 atom stereocenters. The molecule has 1 fully saturated rings. The molecule has 106 valence electrons. The van der Waals surface area contributed by atoms with Crippen LogP contribution in [0.5, 0.6) is 0 Å². The van der Waals surface area contributed by atoms with E-state index in [1.165, 1.54) is 19.3 Å². The normalized spacial score (nSPS) is 23.2. The summed E-state index contributed by atoms with van der Waals surface area (Å²) in [6.07, 6.45) is 3.60. The summed E-state index contributed by atoms with van der Waals surface area (Å²) in [4.78, 5) is 15.1.